The van der Waals surface area contributed by atoms with Crippen molar-refractivity contribution in [1.82, 2.24) is 20.0 Å². The molecule has 1 aromatic rings. The summed E-state index contributed by atoms with van der Waals surface area (Å²) in [5, 5.41) is 7.92. The number of carbonyl (C=O) groups excluding carboxylic acids is 1. The molecule has 0 aliphatic carbocycles. The zero-order chi connectivity index (χ0) is 13.9. The molecular weight excluding hydrogens is 254 g/mol. The Kier molecular flexibility index (Phi) is 2.50. The third-order valence-corrected chi connectivity index (χ3v) is 4.81. The largest absolute Gasteiger partial charge is 0.309 e. The molecule has 3 aliphatic heterocycles. The molecule has 4 heterocycles. The van der Waals surface area contributed by atoms with Gasteiger partial charge in [0.1, 0.15) is 0 Å². The first-order valence-corrected chi connectivity index (χ1v) is 7.33. The predicted octanol–water partition coefficient (Wildman–Crippen LogP) is 0.0433. The molecule has 1 N–H and O–H groups in total. The van der Waals surface area contributed by atoms with Gasteiger partial charge in [0.2, 0.25) is 5.91 Å². The van der Waals surface area contributed by atoms with E-state index in [1.54, 1.807) is 0 Å². The van der Waals surface area contributed by atoms with Crippen molar-refractivity contribution in [3.63, 3.8) is 0 Å². The Bertz CT molecular complexity index is 560. The lowest BCUT2D eigenvalue weighted by atomic mass is 9.79. The number of nitrogens with one attached hydrogen (secondary N) is 1. The number of amides is 1. The fraction of sp³-hybridized carbons (Fsp3) is 0.714. The Morgan fingerprint density at radius 3 is 2.95 bits per heavy atom. The lowest BCUT2D eigenvalue weighted by molar-refractivity contribution is -0.118. The second-order valence-corrected chi connectivity index (χ2v) is 6.77. The fourth-order valence-electron chi connectivity index (χ4n) is 3.99. The van der Waals surface area contributed by atoms with E-state index in [1.807, 2.05) is 15.8 Å². The third-order valence-electron chi connectivity index (χ3n) is 4.81. The highest BCUT2D eigenvalue weighted by atomic mass is 16.2. The van der Waals surface area contributed by atoms with Crippen LogP contribution >= 0.6 is 0 Å². The number of rotatable bonds is 1. The van der Waals surface area contributed by atoms with Gasteiger partial charge in [-0.1, -0.05) is 0 Å². The van der Waals surface area contributed by atoms with Crippen LogP contribution in [0.15, 0.2) is 6.20 Å². The Balaban J connectivity index is 1.61. The molecule has 20 heavy (non-hydrogen) atoms. The van der Waals surface area contributed by atoms with Gasteiger partial charge in [-0.15, -0.1) is 0 Å². The van der Waals surface area contributed by atoms with Gasteiger partial charge in [-0.05, 0) is 14.0 Å². The van der Waals surface area contributed by atoms with Gasteiger partial charge < -0.3 is 15.1 Å². The van der Waals surface area contributed by atoms with E-state index < -0.39 is 0 Å². The smallest absolute Gasteiger partial charge is 0.227 e. The molecule has 1 atom stereocenters. The quantitative estimate of drug-likeness (QED) is 0.786. The van der Waals surface area contributed by atoms with Gasteiger partial charge in [0.15, 0.2) is 0 Å². The molecule has 108 valence electrons. The van der Waals surface area contributed by atoms with E-state index >= 15 is 0 Å². The SMILES string of the molecule is C[C@H]1Cn2ncc(N3CC4(CC3=O)CN(C)C4)c2CN1. The van der Waals surface area contributed by atoms with E-state index in [4.69, 9.17) is 0 Å². The van der Waals surface area contributed by atoms with Gasteiger partial charge in [0, 0.05) is 44.1 Å². The zero-order valence-electron chi connectivity index (χ0n) is 12.1. The Labute approximate surface area is 118 Å². The molecule has 0 radical (unpaired) electrons. The number of likely N-dealkylation sites (tertiary alicyclic amines) is 1. The van der Waals surface area contributed by atoms with Crippen LogP contribution in [0.1, 0.15) is 19.0 Å². The molecule has 2 fully saturated rings. The number of fused-ring (bicyclic) bond motifs is 1. The van der Waals surface area contributed by atoms with Crippen LogP contribution < -0.4 is 10.2 Å². The number of hydrogen-bond donors (Lipinski definition) is 1. The number of anilines is 1. The van der Waals surface area contributed by atoms with E-state index in [-0.39, 0.29) is 11.3 Å². The van der Waals surface area contributed by atoms with Crippen molar-refractivity contribution >= 4 is 11.6 Å². The molecule has 2 saturated heterocycles. The van der Waals surface area contributed by atoms with Crippen LogP contribution in [0, 0.1) is 5.41 Å². The van der Waals surface area contributed by atoms with Crippen molar-refractivity contribution in [3.8, 4) is 0 Å². The molecule has 3 aliphatic rings. The van der Waals surface area contributed by atoms with Crippen molar-refractivity contribution < 1.29 is 4.79 Å². The molecule has 6 heteroatoms. The van der Waals surface area contributed by atoms with Crippen molar-refractivity contribution in [2.24, 2.45) is 5.41 Å². The highest BCUT2D eigenvalue weighted by molar-refractivity contribution is 5.97. The summed E-state index contributed by atoms with van der Waals surface area (Å²) in [6.07, 6.45) is 2.56. The van der Waals surface area contributed by atoms with Crippen molar-refractivity contribution in [2.75, 3.05) is 31.6 Å². The van der Waals surface area contributed by atoms with Gasteiger partial charge in [0.25, 0.3) is 0 Å². The van der Waals surface area contributed by atoms with E-state index in [0.29, 0.717) is 12.5 Å². The summed E-state index contributed by atoms with van der Waals surface area (Å²) in [6.45, 7) is 6.76. The van der Waals surface area contributed by atoms with Crippen LogP contribution in [0.3, 0.4) is 0 Å². The first-order chi connectivity index (χ1) is 9.56. The van der Waals surface area contributed by atoms with Crippen LogP contribution in [0.2, 0.25) is 0 Å². The molecule has 0 unspecified atom stereocenters. The van der Waals surface area contributed by atoms with Gasteiger partial charge in [0.05, 0.1) is 24.1 Å². The molecule has 0 bridgehead atoms. The minimum absolute atomic E-state index is 0.191. The Morgan fingerprint density at radius 2 is 2.20 bits per heavy atom. The summed E-state index contributed by atoms with van der Waals surface area (Å²) in [6, 6.07) is 0.441. The average molecular weight is 275 g/mol. The van der Waals surface area contributed by atoms with Gasteiger partial charge in [-0.25, -0.2) is 0 Å². The summed E-state index contributed by atoms with van der Waals surface area (Å²) in [4.78, 5) is 16.6. The maximum Gasteiger partial charge on any atom is 0.227 e. The number of aromatic nitrogens is 2. The first-order valence-electron chi connectivity index (χ1n) is 7.33. The van der Waals surface area contributed by atoms with Crippen molar-refractivity contribution in [2.45, 2.75) is 32.5 Å². The third kappa shape index (κ3) is 1.71. The van der Waals surface area contributed by atoms with Crippen LogP contribution in [-0.4, -0.2) is 53.3 Å². The standard InChI is InChI=1S/C14H21N5O/c1-10-6-19-12(4-15-10)11(5-16-19)18-9-14(3-13(18)20)7-17(2)8-14/h5,10,15H,3-4,6-9H2,1-2H3/t10-/m0/s1. The topological polar surface area (TPSA) is 53.4 Å². The lowest BCUT2D eigenvalue weighted by Gasteiger charge is -2.45. The summed E-state index contributed by atoms with van der Waals surface area (Å²) in [5.41, 5.74) is 2.36. The zero-order valence-corrected chi connectivity index (χ0v) is 12.1. The monoisotopic (exact) mass is 275 g/mol. The molecule has 1 spiro atoms. The van der Waals surface area contributed by atoms with Gasteiger partial charge in [-0.2, -0.15) is 5.10 Å². The van der Waals surface area contributed by atoms with Gasteiger partial charge in [-0.3, -0.25) is 9.48 Å². The summed E-state index contributed by atoms with van der Waals surface area (Å²) < 4.78 is 2.04. The van der Waals surface area contributed by atoms with Crippen molar-refractivity contribution in [1.29, 1.82) is 0 Å². The molecule has 1 amide bonds. The second kappa shape index (κ2) is 4.05. The predicted molar refractivity (Wildman–Crippen MR) is 75.4 cm³/mol. The minimum Gasteiger partial charge on any atom is -0.309 e. The molecule has 0 saturated carbocycles. The number of nitrogens with zero attached hydrogens (tertiary/aromatic N) is 4. The maximum absolute atomic E-state index is 12.4. The summed E-state index contributed by atoms with van der Waals surface area (Å²) >= 11 is 0. The van der Waals surface area contributed by atoms with Crippen LogP contribution in [0.25, 0.3) is 0 Å². The molecule has 1 aromatic heterocycles. The normalized spacial score (nSPS) is 28.8. The molecule has 0 aromatic carbocycles. The molecule has 6 nitrogen and oxygen atoms in total. The summed E-state index contributed by atoms with van der Waals surface area (Å²) in [7, 11) is 2.12. The Morgan fingerprint density at radius 1 is 1.40 bits per heavy atom. The van der Waals surface area contributed by atoms with Crippen LogP contribution in [-0.2, 0) is 17.9 Å². The average Bonchev–Trinajstić information content (AvgIpc) is 2.89. The minimum atomic E-state index is 0.191. The highest BCUT2D eigenvalue weighted by Gasteiger charge is 2.50. The van der Waals surface area contributed by atoms with E-state index in [0.717, 1.165) is 44.1 Å². The van der Waals surface area contributed by atoms with E-state index in [2.05, 4.69) is 29.3 Å². The lowest BCUT2D eigenvalue weighted by Crippen LogP contribution is -2.55. The van der Waals surface area contributed by atoms with Crippen LogP contribution in [0.4, 0.5) is 5.69 Å². The van der Waals surface area contributed by atoms with Crippen molar-refractivity contribution in [3.05, 3.63) is 11.9 Å². The van der Waals surface area contributed by atoms with Crippen LogP contribution in [0.5, 0.6) is 0 Å². The molecule has 4 rings (SSSR count). The van der Waals surface area contributed by atoms with E-state index in [9.17, 15) is 4.79 Å². The number of hydrogen-bond acceptors (Lipinski definition) is 4. The fourth-order valence-corrected chi connectivity index (χ4v) is 3.99. The summed E-state index contributed by atoms with van der Waals surface area (Å²) in [5.74, 6) is 0.257. The molecular formula is C14H21N5O. The van der Waals surface area contributed by atoms with E-state index in [1.165, 1.54) is 0 Å². The Hall–Kier alpha value is -1.40. The highest BCUT2D eigenvalue weighted by Crippen LogP contribution is 2.41. The van der Waals surface area contributed by atoms with Gasteiger partial charge >= 0.3 is 0 Å². The first kappa shape index (κ1) is 12.3. The second-order valence-electron chi connectivity index (χ2n) is 6.77. The maximum atomic E-state index is 12.4. The number of carbonyl (C=O) groups is 1.